The fourth-order valence-corrected chi connectivity index (χ4v) is 5.71. The number of benzene rings is 3. The Kier molecular flexibility index (Phi) is 7.32. The summed E-state index contributed by atoms with van der Waals surface area (Å²) in [7, 11) is -3.88. The second-order valence-electron chi connectivity index (χ2n) is 8.31. The molecule has 0 bridgehead atoms. The Labute approximate surface area is 203 Å². The normalized spacial score (nSPS) is 14.6. The fraction of sp³-hybridized carbons (Fsp3) is 0.280. The largest absolute Gasteiger partial charge is 0.338 e. The van der Waals surface area contributed by atoms with Gasteiger partial charge >= 0.3 is 6.03 Å². The van der Waals surface area contributed by atoms with Crippen LogP contribution in [-0.2, 0) is 10.0 Å². The maximum atomic E-state index is 14.0. The van der Waals surface area contributed by atoms with Gasteiger partial charge in [-0.25, -0.2) is 22.3 Å². The lowest BCUT2D eigenvalue weighted by atomic mass is 10.1. The Hall–Kier alpha value is -3.50. The molecule has 0 radical (unpaired) electrons. The third-order valence-corrected chi connectivity index (χ3v) is 7.55. The molecule has 0 spiro atoms. The first-order valence-electron chi connectivity index (χ1n) is 11.4. The van der Waals surface area contributed by atoms with Gasteiger partial charge in [0.25, 0.3) is 5.91 Å². The van der Waals surface area contributed by atoms with Crippen LogP contribution in [0, 0.1) is 5.82 Å². The number of rotatable bonds is 6. The fourth-order valence-electron chi connectivity index (χ4n) is 4.20. The highest BCUT2D eigenvalue weighted by atomic mass is 32.2. The minimum atomic E-state index is -3.88. The van der Waals surface area contributed by atoms with Crippen molar-refractivity contribution in [2.75, 3.05) is 25.0 Å². The predicted molar refractivity (Wildman–Crippen MR) is 132 cm³/mol. The van der Waals surface area contributed by atoms with Crippen LogP contribution in [0.15, 0.2) is 65.6 Å². The van der Waals surface area contributed by atoms with Gasteiger partial charge in [0, 0.05) is 42.1 Å². The topological polar surface area (TPSA) is 108 Å². The third-order valence-electron chi connectivity index (χ3n) is 5.97. The molecule has 0 unspecified atom stereocenters. The van der Waals surface area contributed by atoms with Gasteiger partial charge in [-0.15, -0.1) is 0 Å². The van der Waals surface area contributed by atoms with E-state index in [-0.39, 0.29) is 22.5 Å². The molecule has 0 atom stereocenters. The number of urea groups is 1. The molecule has 1 aliphatic rings. The summed E-state index contributed by atoms with van der Waals surface area (Å²) in [6.07, 6.45) is 1.01. The van der Waals surface area contributed by atoms with Crippen LogP contribution in [-0.4, -0.2) is 50.9 Å². The molecule has 1 heterocycles. The third kappa shape index (κ3) is 5.44. The lowest BCUT2D eigenvalue weighted by Crippen LogP contribution is -2.49. The summed E-state index contributed by atoms with van der Waals surface area (Å²) in [6, 6.07) is 15.0. The summed E-state index contributed by atoms with van der Waals surface area (Å²) >= 11 is 0. The average molecular weight is 499 g/mol. The first-order valence-corrected chi connectivity index (χ1v) is 12.9. The number of nitrogens with zero attached hydrogens (tertiary/aromatic N) is 1. The van der Waals surface area contributed by atoms with E-state index < -0.39 is 21.7 Å². The maximum absolute atomic E-state index is 14.0. The first-order chi connectivity index (χ1) is 16.8. The zero-order chi connectivity index (χ0) is 25.0. The van der Waals surface area contributed by atoms with Gasteiger partial charge in [0.05, 0.1) is 10.5 Å². The van der Waals surface area contributed by atoms with Gasteiger partial charge in [-0.3, -0.25) is 4.79 Å². The van der Waals surface area contributed by atoms with E-state index in [0.29, 0.717) is 48.9 Å². The van der Waals surface area contributed by atoms with Crippen molar-refractivity contribution in [2.45, 2.75) is 30.7 Å². The molecular formula is C25H27FN4O4S. The number of fused-ring (bicyclic) bond motifs is 1. The molecule has 4 rings (SSSR count). The number of likely N-dealkylation sites (tertiary alicyclic amines) is 1. The summed E-state index contributed by atoms with van der Waals surface area (Å²) in [5, 5.41) is 6.40. The lowest BCUT2D eigenvalue weighted by molar-refractivity contribution is 0.102. The smallest absolute Gasteiger partial charge is 0.317 e. The average Bonchev–Trinajstić information content (AvgIpc) is 2.84. The van der Waals surface area contributed by atoms with Gasteiger partial charge in [-0.05, 0) is 44.0 Å². The van der Waals surface area contributed by atoms with Gasteiger partial charge in [0.1, 0.15) is 5.82 Å². The maximum Gasteiger partial charge on any atom is 0.317 e. The van der Waals surface area contributed by atoms with E-state index in [0.717, 1.165) is 0 Å². The van der Waals surface area contributed by atoms with E-state index in [2.05, 4.69) is 15.4 Å². The number of nitrogens with one attached hydrogen (secondary N) is 3. The van der Waals surface area contributed by atoms with Gasteiger partial charge in [0.15, 0.2) is 0 Å². The summed E-state index contributed by atoms with van der Waals surface area (Å²) in [5.74, 6) is -1.27. The second-order valence-corrected chi connectivity index (χ2v) is 9.99. The van der Waals surface area contributed by atoms with Crippen LogP contribution in [0.3, 0.4) is 0 Å². The van der Waals surface area contributed by atoms with E-state index in [1.807, 2.05) is 6.92 Å². The highest BCUT2D eigenvalue weighted by Gasteiger charge is 2.28. The lowest BCUT2D eigenvalue weighted by Gasteiger charge is -2.32. The summed E-state index contributed by atoms with van der Waals surface area (Å²) in [6.45, 7) is 3.30. The van der Waals surface area contributed by atoms with E-state index in [1.165, 1.54) is 30.3 Å². The van der Waals surface area contributed by atoms with Crippen LogP contribution in [0.4, 0.5) is 14.9 Å². The molecule has 1 fully saturated rings. The van der Waals surface area contributed by atoms with E-state index in [4.69, 9.17) is 0 Å². The van der Waals surface area contributed by atoms with Crippen molar-refractivity contribution in [1.29, 1.82) is 0 Å². The van der Waals surface area contributed by atoms with Crippen molar-refractivity contribution < 1.29 is 22.4 Å². The number of carbonyl (C=O) groups is 2. The van der Waals surface area contributed by atoms with E-state index >= 15 is 0 Å². The molecule has 1 aliphatic heterocycles. The standard InChI is InChI=1S/C25H27FN4O4S/c1-2-27-25(32)30-15-13-17(14-16-30)29-35(33,34)23-12-11-22(18-7-3-4-8-19(18)23)28-24(31)20-9-5-6-10-21(20)26/h3-12,17,29H,2,13-16H2,1H3,(H,27,32)(H,28,31). The molecule has 0 aliphatic carbocycles. The monoisotopic (exact) mass is 498 g/mol. The van der Waals surface area contributed by atoms with Crippen molar-refractivity contribution in [1.82, 2.24) is 14.9 Å². The van der Waals surface area contributed by atoms with Crippen LogP contribution in [0.25, 0.3) is 10.8 Å². The Bertz CT molecular complexity index is 1350. The zero-order valence-electron chi connectivity index (χ0n) is 19.3. The minimum absolute atomic E-state index is 0.0862. The van der Waals surface area contributed by atoms with E-state index in [1.54, 1.807) is 35.2 Å². The molecule has 3 aromatic rings. The van der Waals surface area contributed by atoms with Gasteiger partial charge < -0.3 is 15.5 Å². The number of carbonyl (C=O) groups excluding carboxylic acids is 2. The zero-order valence-corrected chi connectivity index (χ0v) is 20.1. The SMILES string of the molecule is CCNC(=O)N1CCC(NS(=O)(=O)c2ccc(NC(=O)c3ccccc3F)c3ccccc23)CC1. The number of anilines is 1. The highest BCUT2D eigenvalue weighted by Crippen LogP contribution is 2.30. The van der Waals surface area contributed by atoms with Crippen molar-refractivity contribution in [3.8, 4) is 0 Å². The van der Waals surface area contributed by atoms with Crippen LogP contribution >= 0.6 is 0 Å². The minimum Gasteiger partial charge on any atom is -0.338 e. The highest BCUT2D eigenvalue weighted by molar-refractivity contribution is 7.89. The molecule has 1 saturated heterocycles. The molecule has 0 aromatic heterocycles. The Balaban J connectivity index is 1.55. The quantitative estimate of drug-likeness (QED) is 0.482. The number of sulfonamides is 1. The van der Waals surface area contributed by atoms with Crippen molar-refractivity contribution in [3.05, 3.63) is 72.0 Å². The molecule has 3 N–H and O–H groups in total. The number of hydrogen-bond donors (Lipinski definition) is 3. The van der Waals surface area contributed by atoms with Crippen LogP contribution in [0.2, 0.25) is 0 Å². The van der Waals surface area contributed by atoms with Gasteiger partial charge in [0.2, 0.25) is 10.0 Å². The molecular weight excluding hydrogens is 471 g/mol. The summed E-state index contributed by atoms with van der Waals surface area (Å²) < 4.78 is 43.4. The molecule has 10 heteroatoms. The molecule has 184 valence electrons. The van der Waals surface area contributed by atoms with Crippen LogP contribution in [0.1, 0.15) is 30.1 Å². The Morgan fingerprint density at radius 1 is 0.971 bits per heavy atom. The number of halogens is 1. The summed E-state index contributed by atoms with van der Waals surface area (Å²) in [5.41, 5.74) is 0.275. The molecule has 35 heavy (non-hydrogen) atoms. The number of hydrogen-bond acceptors (Lipinski definition) is 4. The Morgan fingerprint density at radius 2 is 1.63 bits per heavy atom. The van der Waals surface area contributed by atoms with Gasteiger partial charge in [-0.2, -0.15) is 0 Å². The molecule has 3 amide bonds. The van der Waals surface area contributed by atoms with Gasteiger partial charge in [-0.1, -0.05) is 36.4 Å². The number of amides is 3. The first kappa shape index (κ1) is 24.6. The van der Waals surface area contributed by atoms with Crippen LogP contribution < -0.4 is 15.4 Å². The van der Waals surface area contributed by atoms with Crippen molar-refractivity contribution >= 4 is 38.4 Å². The predicted octanol–water partition coefficient (Wildman–Crippen LogP) is 3.70. The van der Waals surface area contributed by atoms with E-state index in [9.17, 15) is 22.4 Å². The number of piperidine rings is 1. The molecule has 0 saturated carbocycles. The molecule has 8 nitrogen and oxygen atoms in total. The van der Waals surface area contributed by atoms with Crippen molar-refractivity contribution in [3.63, 3.8) is 0 Å². The molecule has 3 aromatic carbocycles. The second kappa shape index (κ2) is 10.4. The summed E-state index contributed by atoms with van der Waals surface area (Å²) in [4.78, 5) is 26.4. The Morgan fingerprint density at radius 3 is 2.31 bits per heavy atom. The van der Waals surface area contributed by atoms with Crippen molar-refractivity contribution in [2.24, 2.45) is 0 Å². The van der Waals surface area contributed by atoms with Crippen LogP contribution in [0.5, 0.6) is 0 Å².